The van der Waals surface area contributed by atoms with Crippen LogP contribution >= 0.6 is 11.8 Å². The number of primary amides is 1. The first-order valence-corrected chi connectivity index (χ1v) is 6.88. The summed E-state index contributed by atoms with van der Waals surface area (Å²) in [5.74, 6) is 0.326. The molecule has 7 heteroatoms. The minimum Gasteiger partial charge on any atom is -0.444 e. The van der Waals surface area contributed by atoms with Crippen molar-refractivity contribution < 1.29 is 14.3 Å². The molecule has 2 amide bonds. The Bertz CT molecular complexity index is 374. The van der Waals surface area contributed by atoms with E-state index in [4.69, 9.17) is 10.5 Å². The fraction of sp³-hybridized carbons (Fsp3) is 0.818. The quantitative estimate of drug-likeness (QED) is 0.709. The van der Waals surface area contributed by atoms with Crippen molar-refractivity contribution in [1.29, 1.82) is 0 Å². The molecule has 2 aliphatic heterocycles. The van der Waals surface area contributed by atoms with Crippen molar-refractivity contribution in [2.45, 2.75) is 37.3 Å². The number of likely N-dealkylation sites (tertiary alicyclic amines) is 1. The number of nitrogens with two attached hydrogens (primary N) is 1. The molecular weight excluding hydrogens is 254 g/mol. The van der Waals surface area contributed by atoms with E-state index < -0.39 is 5.60 Å². The minimum atomic E-state index is -0.480. The van der Waals surface area contributed by atoms with Gasteiger partial charge in [0.15, 0.2) is 0 Å². The zero-order valence-corrected chi connectivity index (χ0v) is 11.7. The molecule has 0 bridgehead atoms. The highest BCUT2D eigenvalue weighted by Crippen LogP contribution is 2.38. The van der Waals surface area contributed by atoms with Crippen LogP contribution in [0.5, 0.6) is 0 Å². The first-order valence-electron chi connectivity index (χ1n) is 5.90. The first-order chi connectivity index (χ1) is 8.21. The highest BCUT2D eigenvalue weighted by atomic mass is 32.2. The molecule has 2 aliphatic rings. The number of carbonyl (C=O) groups excluding carboxylic acids is 2. The number of rotatable bonds is 1. The molecule has 0 aromatic carbocycles. The van der Waals surface area contributed by atoms with E-state index in [0.29, 0.717) is 18.8 Å². The fourth-order valence-corrected chi connectivity index (χ4v) is 3.46. The van der Waals surface area contributed by atoms with Crippen LogP contribution in [0, 0.1) is 0 Å². The van der Waals surface area contributed by atoms with Gasteiger partial charge in [-0.2, -0.15) is 0 Å². The molecule has 2 saturated heterocycles. The van der Waals surface area contributed by atoms with Gasteiger partial charge in [-0.1, -0.05) is 0 Å². The topological polar surface area (TPSA) is 84.7 Å². The summed E-state index contributed by atoms with van der Waals surface area (Å²) in [7, 11) is 0. The summed E-state index contributed by atoms with van der Waals surface area (Å²) in [6, 6.07) is -0.296. The normalized spacial score (nSPS) is 25.9. The standard InChI is InChI=1S/C11H19N3O3S/c1-10(2,3)17-9(16)14-5-11(6-14)13-7(4-18-11)8(12)15/h7,13H,4-6H2,1-3H3,(H2,12,15)/t7-/m0/s1. The van der Waals surface area contributed by atoms with Gasteiger partial charge >= 0.3 is 6.09 Å². The maximum atomic E-state index is 11.8. The summed E-state index contributed by atoms with van der Waals surface area (Å²) in [6.07, 6.45) is -0.307. The molecule has 18 heavy (non-hydrogen) atoms. The Labute approximate surface area is 111 Å². The zero-order valence-electron chi connectivity index (χ0n) is 10.9. The number of thioether (sulfide) groups is 1. The molecule has 2 heterocycles. The zero-order chi connectivity index (χ0) is 13.6. The van der Waals surface area contributed by atoms with Gasteiger partial charge < -0.3 is 15.4 Å². The van der Waals surface area contributed by atoms with Gasteiger partial charge in [-0.15, -0.1) is 11.8 Å². The largest absolute Gasteiger partial charge is 0.444 e. The number of nitrogens with zero attached hydrogens (tertiary/aromatic N) is 1. The van der Waals surface area contributed by atoms with Crippen molar-refractivity contribution in [2.75, 3.05) is 18.8 Å². The van der Waals surface area contributed by atoms with Crippen molar-refractivity contribution >= 4 is 23.8 Å². The molecule has 0 aromatic heterocycles. The van der Waals surface area contributed by atoms with E-state index in [9.17, 15) is 9.59 Å². The summed E-state index contributed by atoms with van der Waals surface area (Å²) in [4.78, 5) is 24.3. The van der Waals surface area contributed by atoms with Crippen molar-refractivity contribution in [3.63, 3.8) is 0 Å². The van der Waals surface area contributed by atoms with Crippen LogP contribution in [0.25, 0.3) is 0 Å². The Morgan fingerprint density at radius 2 is 2.06 bits per heavy atom. The van der Waals surface area contributed by atoms with Gasteiger partial charge in [0.2, 0.25) is 5.91 Å². The van der Waals surface area contributed by atoms with Crippen LogP contribution < -0.4 is 11.1 Å². The first kappa shape index (κ1) is 13.5. The summed E-state index contributed by atoms with van der Waals surface area (Å²) in [6.45, 7) is 6.62. The SMILES string of the molecule is CC(C)(C)OC(=O)N1CC2(C1)N[C@H](C(N)=O)CS2. The van der Waals surface area contributed by atoms with Crippen LogP contribution in [0.15, 0.2) is 0 Å². The molecule has 102 valence electrons. The van der Waals surface area contributed by atoms with Gasteiger partial charge in [-0.25, -0.2) is 4.79 Å². The third-order valence-corrected chi connectivity index (χ3v) is 4.28. The van der Waals surface area contributed by atoms with Gasteiger partial charge in [-0.05, 0) is 20.8 Å². The minimum absolute atomic E-state index is 0.212. The van der Waals surface area contributed by atoms with E-state index in [-0.39, 0.29) is 22.9 Å². The Morgan fingerprint density at radius 3 is 2.50 bits per heavy atom. The molecule has 2 fully saturated rings. The van der Waals surface area contributed by atoms with Gasteiger partial charge in [0.05, 0.1) is 19.1 Å². The second-order valence-corrected chi connectivity index (χ2v) is 7.14. The van der Waals surface area contributed by atoms with E-state index in [2.05, 4.69) is 5.32 Å². The van der Waals surface area contributed by atoms with Crippen molar-refractivity contribution in [3.05, 3.63) is 0 Å². The molecule has 3 N–H and O–H groups in total. The van der Waals surface area contributed by atoms with Crippen LogP contribution in [0.1, 0.15) is 20.8 Å². The smallest absolute Gasteiger partial charge is 0.410 e. The number of amides is 2. The lowest BCUT2D eigenvalue weighted by Crippen LogP contribution is -2.68. The van der Waals surface area contributed by atoms with Gasteiger partial charge in [-0.3, -0.25) is 10.1 Å². The molecule has 0 aromatic rings. The molecule has 1 atom stereocenters. The van der Waals surface area contributed by atoms with Crippen molar-refractivity contribution in [3.8, 4) is 0 Å². The van der Waals surface area contributed by atoms with Gasteiger partial charge in [0.25, 0.3) is 0 Å². The van der Waals surface area contributed by atoms with Crippen molar-refractivity contribution in [2.24, 2.45) is 5.73 Å². The number of hydrogen-bond donors (Lipinski definition) is 2. The highest BCUT2D eigenvalue weighted by Gasteiger charge is 2.52. The van der Waals surface area contributed by atoms with Crippen molar-refractivity contribution in [1.82, 2.24) is 10.2 Å². The summed E-state index contributed by atoms with van der Waals surface area (Å²) >= 11 is 1.65. The molecule has 0 unspecified atom stereocenters. The average molecular weight is 273 g/mol. The van der Waals surface area contributed by atoms with Crippen LogP contribution in [0.3, 0.4) is 0 Å². The maximum absolute atomic E-state index is 11.8. The van der Waals surface area contributed by atoms with Gasteiger partial charge in [0, 0.05) is 5.75 Å². The lowest BCUT2D eigenvalue weighted by atomic mass is 10.1. The number of ether oxygens (including phenoxy) is 1. The molecule has 2 rings (SSSR count). The van der Waals surface area contributed by atoms with Crippen LogP contribution in [-0.4, -0.2) is 52.3 Å². The Kier molecular flexibility index (Phi) is 3.23. The van der Waals surface area contributed by atoms with Crippen LogP contribution in [0.2, 0.25) is 0 Å². The number of nitrogens with one attached hydrogen (secondary N) is 1. The number of carbonyl (C=O) groups is 2. The fourth-order valence-electron chi connectivity index (χ4n) is 2.01. The Balaban J connectivity index is 1.84. The molecule has 0 saturated carbocycles. The third kappa shape index (κ3) is 2.72. The second kappa shape index (κ2) is 4.31. The maximum Gasteiger partial charge on any atom is 0.410 e. The highest BCUT2D eigenvalue weighted by molar-refractivity contribution is 8.01. The lowest BCUT2D eigenvalue weighted by Gasteiger charge is -2.47. The molecule has 0 aliphatic carbocycles. The van der Waals surface area contributed by atoms with Crippen LogP contribution in [0.4, 0.5) is 4.79 Å². The van der Waals surface area contributed by atoms with E-state index in [1.54, 1.807) is 16.7 Å². The summed E-state index contributed by atoms with van der Waals surface area (Å²) in [5.41, 5.74) is 4.78. The average Bonchev–Trinajstić information content (AvgIpc) is 2.56. The van der Waals surface area contributed by atoms with E-state index in [1.165, 1.54) is 0 Å². The predicted molar refractivity (Wildman–Crippen MR) is 69.1 cm³/mol. The Hall–Kier alpha value is -0.950. The Morgan fingerprint density at radius 1 is 1.44 bits per heavy atom. The van der Waals surface area contributed by atoms with E-state index >= 15 is 0 Å². The summed E-state index contributed by atoms with van der Waals surface area (Å²) < 4.78 is 5.28. The molecule has 1 spiro atoms. The summed E-state index contributed by atoms with van der Waals surface area (Å²) in [5, 5.41) is 3.19. The van der Waals surface area contributed by atoms with Gasteiger partial charge in [0.1, 0.15) is 10.5 Å². The second-order valence-electron chi connectivity index (χ2n) is 5.74. The molecular formula is C11H19N3O3S. The molecule has 6 nitrogen and oxygen atoms in total. The molecule has 0 radical (unpaired) electrons. The monoisotopic (exact) mass is 273 g/mol. The van der Waals surface area contributed by atoms with E-state index in [1.807, 2.05) is 20.8 Å². The van der Waals surface area contributed by atoms with E-state index in [0.717, 1.165) is 0 Å². The number of hydrogen-bond acceptors (Lipinski definition) is 5. The van der Waals surface area contributed by atoms with Crippen LogP contribution in [-0.2, 0) is 9.53 Å². The predicted octanol–water partition coefficient (Wildman–Crippen LogP) is 0.124. The third-order valence-electron chi connectivity index (χ3n) is 2.85. The lowest BCUT2D eigenvalue weighted by molar-refractivity contribution is -0.119.